The van der Waals surface area contributed by atoms with Gasteiger partial charge in [0.2, 0.25) is 0 Å². The maximum Gasteiger partial charge on any atom is 0.269 e. The molecule has 6 nitrogen and oxygen atoms in total. The minimum atomic E-state index is -0.103. The quantitative estimate of drug-likeness (QED) is 0.432. The van der Waals surface area contributed by atoms with E-state index in [1.165, 1.54) is 12.8 Å². The molecule has 3 aromatic rings. The van der Waals surface area contributed by atoms with Crippen LogP contribution in [-0.2, 0) is 0 Å². The fourth-order valence-corrected chi connectivity index (χ4v) is 3.79. The summed E-state index contributed by atoms with van der Waals surface area (Å²) in [5.41, 5.74) is 3.41. The van der Waals surface area contributed by atoms with Crippen molar-refractivity contribution in [3.8, 4) is 28.3 Å². The summed E-state index contributed by atoms with van der Waals surface area (Å²) in [7, 11) is 3.25. The van der Waals surface area contributed by atoms with Gasteiger partial charge in [-0.2, -0.15) is 0 Å². The number of carbonyl (C=O) groups excluding carboxylic acids is 1. The minimum Gasteiger partial charge on any atom is -0.493 e. The summed E-state index contributed by atoms with van der Waals surface area (Å²) >= 11 is 0. The Kier molecular flexibility index (Phi) is 8.31. The molecule has 0 aliphatic heterocycles. The van der Waals surface area contributed by atoms with Crippen LogP contribution in [0.25, 0.3) is 16.8 Å². The third-order valence-electron chi connectivity index (χ3n) is 5.81. The number of unbranched alkanes of at least 4 members (excludes halogenated alkanes) is 1. The van der Waals surface area contributed by atoms with Gasteiger partial charge in [0, 0.05) is 12.2 Å². The number of rotatable bonds is 11. The number of hydrogen-bond acceptors (Lipinski definition) is 4. The van der Waals surface area contributed by atoms with Gasteiger partial charge in [-0.05, 0) is 47.7 Å². The van der Waals surface area contributed by atoms with Crippen molar-refractivity contribution in [1.82, 2.24) is 14.9 Å². The molecule has 0 bridgehead atoms. The molecule has 6 heteroatoms. The molecule has 1 atom stereocenters. The highest BCUT2D eigenvalue weighted by Crippen LogP contribution is 2.33. The number of aromatic nitrogens is 2. The maximum atomic E-state index is 12.9. The zero-order chi connectivity index (χ0) is 22.9. The first kappa shape index (κ1) is 23.4. The molecule has 1 amide bonds. The molecule has 1 N–H and O–H groups in total. The second-order valence-electron chi connectivity index (χ2n) is 7.90. The van der Waals surface area contributed by atoms with Gasteiger partial charge in [0.1, 0.15) is 5.69 Å². The lowest BCUT2D eigenvalue weighted by molar-refractivity contribution is 0.0939. The molecule has 0 fully saturated rings. The van der Waals surface area contributed by atoms with Crippen LogP contribution in [0.15, 0.2) is 55.0 Å². The van der Waals surface area contributed by atoms with Crippen LogP contribution in [0, 0.1) is 5.92 Å². The molecular formula is C26H33N3O3. The largest absolute Gasteiger partial charge is 0.493 e. The monoisotopic (exact) mass is 435 g/mol. The molecule has 0 saturated carbocycles. The fourth-order valence-electron chi connectivity index (χ4n) is 3.79. The molecule has 1 heterocycles. The van der Waals surface area contributed by atoms with Crippen molar-refractivity contribution in [1.29, 1.82) is 0 Å². The van der Waals surface area contributed by atoms with Crippen LogP contribution in [0.2, 0.25) is 0 Å². The SMILES string of the molecule is CCCCC(CC)CNC(=O)c1cncn1-c1cccc(-c2ccc(OC)c(OC)c2)c1. The smallest absolute Gasteiger partial charge is 0.269 e. The Morgan fingerprint density at radius 2 is 1.84 bits per heavy atom. The number of nitrogens with zero attached hydrogens (tertiary/aromatic N) is 2. The third-order valence-corrected chi connectivity index (χ3v) is 5.81. The fraction of sp³-hybridized carbons (Fsp3) is 0.385. The normalized spacial score (nSPS) is 11.8. The summed E-state index contributed by atoms with van der Waals surface area (Å²) in [5, 5.41) is 3.10. The predicted molar refractivity (Wildman–Crippen MR) is 128 cm³/mol. The summed E-state index contributed by atoms with van der Waals surface area (Å²) in [6.45, 7) is 5.06. The Hall–Kier alpha value is -3.28. The molecule has 0 radical (unpaired) electrons. The first-order valence-corrected chi connectivity index (χ1v) is 11.2. The highest BCUT2D eigenvalue weighted by Gasteiger charge is 2.15. The van der Waals surface area contributed by atoms with Crippen LogP contribution in [0.3, 0.4) is 0 Å². The minimum absolute atomic E-state index is 0.103. The van der Waals surface area contributed by atoms with Crippen LogP contribution < -0.4 is 14.8 Å². The lowest BCUT2D eigenvalue weighted by Gasteiger charge is -2.16. The van der Waals surface area contributed by atoms with Crippen molar-refractivity contribution in [3.63, 3.8) is 0 Å². The number of amides is 1. The molecule has 1 aromatic heterocycles. The molecule has 3 rings (SSSR count). The van der Waals surface area contributed by atoms with E-state index in [1.54, 1.807) is 26.7 Å². The third kappa shape index (κ3) is 5.49. The van der Waals surface area contributed by atoms with Crippen LogP contribution in [0.1, 0.15) is 50.0 Å². The standard InChI is InChI=1S/C26H33N3O3/c1-5-7-9-19(6-2)16-28-26(30)23-17-27-18-29(23)22-11-8-10-20(14-22)21-12-13-24(31-3)25(15-21)32-4/h8,10-15,17-19H,5-7,9,16H2,1-4H3,(H,28,30). The van der Waals surface area contributed by atoms with E-state index >= 15 is 0 Å². The van der Waals surface area contributed by atoms with Gasteiger partial charge in [-0.3, -0.25) is 9.36 Å². The topological polar surface area (TPSA) is 65.4 Å². The van der Waals surface area contributed by atoms with Crippen molar-refractivity contribution in [2.24, 2.45) is 5.92 Å². The number of ether oxygens (including phenoxy) is 2. The van der Waals surface area contributed by atoms with Gasteiger partial charge in [0.25, 0.3) is 5.91 Å². The van der Waals surface area contributed by atoms with E-state index in [1.807, 2.05) is 47.0 Å². The van der Waals surface area contributed by atoms with E-state index in [0.29, 0.717) is 29.7 Å². The zero-order valence-corrected chi connectivity index (χ0v) is 19.4. The Bertz CT molecular complexity index is 1030. The van der Waals surface area contributed by atoms with Gasteiger partial charge in [-0.15, -0.1) is 0 Å². The molecule has 1 unspecified atom stereocenters. The van der Waals surface area contributed by atoms with E-state index in [9.17, 15) is 4.79 Å². The Labute approximate surface area is 190 Å². The molecule has 170 valence electrons. The van der Waals surface area contributed by atoms with Crippen LogP contribution in [-0.4, -0.2) is 36.2 Å². The second kappa shape index (κ2) is 11.4. The van der Waals surface area contributed by atoms with E-state index in [0.717, 1.165) is 29.7 Å². The van der Waals surface area contributed by atoms with Gasteiger partial charge in [-0.1, -0.05) is 51.3 Å². The van der Waals surface area contributed by atoms with Crippen LogP contribution in [0.4, 0.5) is 0 Å². The Morgan fingerprint density at radius 1 is 1.06 bits per heavy atom. The maximum absolute atomic E-state index is 12.9. The zero-order valence-electron chi connectivity index (χ0n) is 19.4. The summed E-state index contributed by atoms with van der Waals surface area (Å²) in [5.74, 6) is 1.76. The lowest BCUT2D eigenvalue weighted by Crippen LogP contribution is -2.30. The van der Waals surface area contributed by atoms with Gasteiger partial charge in [-0.25, -0.2) is 4.98 Å². The summed E-state index contributed by atoms with van der Waals surface area (Å²) in [6, 6.07) is 13.8. The van der Waals surface area contributed by atoms with Crippen molar-refractivity contribution in [3.05, 3.63) is 60.7 Å². The van der Waals surface area contributed by atoms with Gasteiger partial charge < -0.3 is 14.8 Å². The number of nitrogens with one attached hydrogen (secondary N) is 1. The van der Waals surface area contributed by atoms with Crippen molar-refractivity contribution in [2.75, 3.05) is 20.8 Å². The Balaban J connectivity index is 1.81. The molecule has 2 aromatic carbocycles. The van der Waals surface area contributed by atoms with Gasteiger partial charge in [0.15, 0.2) is 11.5 Å². The number of imidazole rings is 1. The average molecular weight is 436 g/mol. The van der Waals surface area contributed by atoms with Crippen LogP contribution >= 0.6 is 0 Å². The molecule has 0 spiro atoms. The number of carbonyl (C=O) groups is 1. The second-order valence-corrected chi connectivity index (χ2v) is 7.90. The van der Waals surface area contributed by atoms with Crippen molar-refractivity contribution < 1.29 is 14.3 Å². The first-order chi connectivity index (χ1) is 15.6. The first-order valence-electron chi connectivity index (χ1n) is 11.2. The molecule has 32 heavy (non-hydrogen) atoms. The summed E-state index contributed by atoms with van der Waals surface area (Å²) in [6.07, 6.45) is 7.86. The van der Waals surface area contributed by atoms with E-state index in [2.05, 4.69) is 24.1 Å². The Morgan fingerprint density at radius 3 is 2.56 bits per heavy atom. The molecule has 0 aliphatic rings. The summed E-state index contributed by atoms with van der Waals surface area (Å²) in [4.78, 5) is 17.1. The number of methoxy groups -OCH3 is 2. The summed E-state index contributed by atoms with van der Waals surface area (Å²) < 4.78 is 12.6. The van der Waals surface area contributed by atoms with E-state index in [4.69, 9.17) is 9.47 Å². The number of hydrogen-bond donors (Lipinski definition) is 1. The number of benzene rings is 2. The van der Waals surface area contributed by atoms with Crippen molar-refractivity contribution >= 4 is 5.91 Å². The molecular weight excluding hydrogens is 402 g/mol. The highest BCUT2D eigenvalue weighted by molar-refractivity contribution is 5.93. The average Bonchev–Trinajstić information content (AvgIpc) is 3.34. The molecule has 0 aliphatic carbocycles. The highest BCUT2D eigenvalue weighted by atomic mass is 16.5. The van der Waals surface area contributed by atoms with Gasteiger partial charge in [0.05, 0.1) is 26.7 Å². The molecule has 0 saturated heterocycles. The van der Waals surface area contributed by atoms with E-state index in [-0.39, 0.29) is 5.91 Å². The predicted octanol–water partition coefficient (Wildman–Crippen LogP) is 5.50. The van der Waals surface area contributed by atoms with Crippen molar-refractivity contribution in [2.45, 2.75) is 39.5 Å². The van der Waals surface area contributed by atoms with Crippen LogP contribution in [0.5, 0.6) is 11.5 Å². The van der Waals surface area contributed by atoms with Gasteiger partial charge >= 0.3 is 0 Å². The van der Waals surface area contributed by atoms with E-state index < -0.39 is 0 Å². The lowest BCUT2D eigenvalue weighted by atomic mass is 9.99.